The van der Waals surface area contributed by atoms with Crippen molar-refractivity contribution in [1.29, 1.82) is 0 Å². The van der Waals surface area contributed by atoms with Crippen LogP contribution in [0.25, 0.3) is 0 Å². The standard InChI is InChI=1S/C9H13NO4S/c1-6-4-5-7(15(10,11)12)9(14-3)8(6)13-2/h4-5H,1-3H3,(H2,10,11,12). The number of ether oxygens (including phenoxy) is 2. The summed E-state index contributed by atoms with van der Waals surface area (Å²) in [6.45, 7) is 1.79. The van der Waals surface area contributed by atoms with Gasteiger partial charge in [-0.1, -0.05) is 6.07 Å². The zero-order valence-corrected chi connectivity index (χ0v) is 9.59. The summed E-state index contributed by atoms with van der Waals surface area (Å²) in [5.74, 6) is 0.518. The summed E-state index contributed by atoms with van der Waals surface area (Å²) in [7, 11) is -0.991. The van der Waals surface area contributed by atoms with E-state index in [0.29, 0.717) is 5.75 Å². The van der Waals surface area contributed by atoms with Crippen LogP contribution in [0.2, 0.25) is 0 Å². The summed E-state index contributed by atoms with van der Waals surface area (Å²) < 4.78 is 32.5. The van der Waals surface area contributed by atoms with Gasteiger partial charge in [-0.2, -0.15) is 0 Å². The highest BCUT2D eigenvalue weighted by Gasteiger charge is 2.20. The second-order valence-electron chi connectivity index (χ2n) is 2.99. The molecule has 0 unspecified atom stereocenters. The Morgan fingerprint density at radius 3 is 2.07 bits per heavy atom. The molecule has 0 aromatic heterocycles. The molecule has 0 saturated heterocycles. The summed E-state index contributed by atoms with van der Waals surface area (Å²) in [5.41, 5.74) is 0.779. The molecule has 0 atom stereocenters. The average Bonchev–Trinajstić information content (AvgIpc) is 2.15. The van der Waals surface area contributed by atoms with Gasteiger partial charge in [0.05, 0.1) is 14.2 Å². The predicted molar refractivity (Wildman–Crippen MR) is 55.7 cm³/mol. The molecular weight excluding hydrogens is 218 g/mol. The number of hydrogen-bond donors (Lipinski definition) is 1. The molecule has 1 aromatic carbocycles. The topological polar surface area (TPSA) is 78.6 Å². The van der Waals surface area contributed by atoms with Crippen molar-refractivity contribution >= 4 is 10.0 Å². The zero-order chi connectivity index (χ0) is 11.6. The number of sulfonamides is 1. The molecule has 0 heterocycles. The normalized spacial score (nSPS) is 11.2. The minimum absolute atomic E-state index is 0.0764. The number of primary sulfonamides is 1. The lowest BCUT2D eigenvalue weighted by molar-refractivity contribution is 0.345. The molecule has 15 heavy (non-hydrogen) atoms. The first-order valence-electron chi connectivity index (χ1n) is 4.16. The molecular formula is C9H13NO4S. The minimum Gasteiger partial charge on any atom is -0.493 e. The van der Waals surface area contributed by atoms with E-state index < -0.39 is 10.0 Å². The number of hydrogen-bond acceptors (Lipinski definition) is 4. The maximum Gasteiger partial charge on any atom is 0.241 e. The molecule has 0 saturated carbocycles. The average molecular weight is 231 g/mol. The Labute approximate surface area is 88.9 Å². The zero-order valence-electron chi connectivity index (χ0n) is 8.77. The van der Waals surface area contributed by atoms with Gasteiger partial charge in [0.1, 0.15) is 4.90 Å². The van der Waals surface area contributed by atoms with Gasteiger partial charge in [-0.15, -0.1) is 0 Å². The van der Waals surface area contributed by atoms with Crippen LogP contribution in [0.1, 0.15) is 5.56 Å². The summed E-state index contributed by atoms with van der Waals surface area (Å²) in [4.78, 5) is -0.0764. The fraction of sp³-hybridized carbons (Fsp3) is 0.333. The largest absolute Gasteiger partial charge is 0.493 e. The van der Waals surface area contributed by atoms with Crippen molar-refractivity contribution in [3.8, 4) is 11.5 Å². The fourth-order valence-electron chi connectivity index (χ4n) is 1.31. The van der Waals surface area contributed by atoms with E-state index in [9.17, 15) is 8.42 Å². The van der Waals surface area contributed by atoms with Crippen LogP contribution in [-0.4, -0.2) is 22.6 Å². The van der Waals surface area contributed by atoms with E-state index in [4.69, 9.17) is 14.6 Å². The molecule has 0 amide bonds. The molecule has 0 fully saturated rings. The van der Waals surface area contributed by atoms with Crippen LogP contribution in [0, 0.1) is 6.92 Å². The van der Waals surface area contributed by atoms with Crippen LogP contribution < -0.4 is 14.6 Å². The van der Waals surface area contributed by atoms with Crippen molar-refractivity contribution in [1.82, 2.24) is 0 Å². The minimum atomic E-state index is -3.80. The van der Waals surface area contributed by atoms with Crippen molar-refractivity contribution in [2.24, 2.45) is 5.14 Å². The van der Waals surface area contributed by atoms with Gasteiger partial charge in [-0.3, -0.25) is 0 Å². The van der Waals surface area contributed by atoms with E-state index in [2.05, 4.69) is 0 Å². The first kappa shape index (κ1) is 11.8. The molecule has 5 nitrogen and oxygen atoms in total. The van der Waals surface area contributed by atoms with Gasteiger partial charge in [0.25, 0.3) is 0 Å². The van der Waals surface area contributed by atoms with E-state index in [-0.39, 0.29) is 10.6 Å². The van der Waals surface area contributed by atoms with Crippen LogP contribution in [0.5, 0.6) is 11.5 Å². The van der Waals surface area contributed by atoms with E-state index in [1.165, 1.54) is 20.3 Å². The lowest BCUT2D eigenvalue weighted by Crippen LogP contribution is -2.14. The van der Waals surface area contributed by atoms with E-state index in [1.54, 1.807) is 13.0 Å². The number of aryl methyl sites for hydroxylation is 1. The van der Waals surface area contributed by atoms with Crippen molar-refractivity contribution in [2.45, 2.75) is 11.8 Å². The first-order valence-corrected chi connectivity index (χ1v) is 5.70. The summed E-state index contributed by atoms with van der Waals surface area (Å²) >= 11 is 0. The third-order valence-electron chi connectivity index (χ3n) is 1.99. The molecule has 84 valence electrons. The second-order valence-corrected chi connectivity index (χ2v) is 4.52. The molecule has 1 rings (SSSR count). The van der Waals surface area contributed by atoms with Crippen molar-refractivity contribution in [3.05, 3.63) is 17.7 Å². The predicted octanol–water partition coefficient (Wildman–Crippen LogP) is 0.660. The SMILES string of the molecule is COc1c(C)ccc(S(N)(=O)=O)c1OC. The first-order chi connectivity index (χ1) is 6.91. The smallest absolute Gasteiger partial charge is 0.241 e. The summed E-state index contributed by atoms with van der Waals surface area (Å²) in [6, 6.07) is 3.01. The Balaban J connectivity index is 3.57. The Hall–Kier alpha value is -1.27. The van der Waals surface area contributed by atoms with Gasteiger partial charge in [-0.05, 0) is 18.6 Å². The number of rotatable bonds is 3. The van der Waals surface area contributed by atoms with Gasteiger partial charge < -0.3 is 9.47 Å². The highest BCUT2D eigenvalue weighted by molar-refractivity contribution is 7.89. The maximum atomic E-state index is 11.2. The molecule has 0 bridgehead atoms. The number of benzene rings is 1. The van der Waals surface area contributed by atoms with Crippen LogP contribution in [-0.2, 0) is 10.0 Å². The highest BCUT2D eigenvalue weighted by Crippen LogP contribution is 2.36. The van der Waals surface area contributed by atoms with Crippen LogP contribution >= 0.6 is 0 Å². The van der Waals surface area contributed by atoms with Crippen LogP contribution in [0.15, 0.2) is 17.0 Å². The summed E-state index contributed by atoms with van der Waals surface area (Å²) in [6.07, 6.45) is 0. The molecule has 0 aliphatic carbocycles. The fourth-order valence-corrected chi connectivity index (χ4v) is 2.01. The molecule has 0 aliphatic heterocycles. The van der Waals surface area contributed by atoms with Gasteiger partial charge in [0, 0.05) is 0 Å². The Bertz CT molecular complexity index is 467. The van der Waals surface area contributed by atoms with E-state index in [0.717, 1.165) is 5.56 Å². The van der Waals surface area contributed by atoms with Gasteiger partial charge >= 0.3 is 0 Å². The number of nitrogens with two attached hydrogens (primary N) is 1. The Morgan fingerprint density at radius 1 is 1.13 bits per heavy atom. The van der Waals surface area contributed by atoms with Crippen molar-refractivity contribution in [2.75, 3.05) is 14.2 Å². The van der Waals surface area contributed by atoms with Crippen LogP contribution in [0.3, 0.4) is 0 Å². The molecule has 0 radical (unpaired) electrons. The summed E-state index contributed by atoms with van der Waals surface area (Å²) in [5, 5.41) is 5.04. The third-order valence-corrected chi connectivity index (χ3v) is 2.92. The Kier molecular flexibility index (Phi) is 3.21. The lowest BCUT2D eigenvalue weighted by Gasteiger charge is -2.13. The maximum absolute atomic E-state index is 11.2. The van der Waals surface area contributed by atoms with Crippen molar-refractivity contribution < 1.29 is 17.9 Å². The van der Waals surface area contributed by atoms with Gasteiger partial charge in [0.2, 0.25) is 10.0 Å². The molecule has 6 heteroatoms. The lowest BCUT2D eigenvalue weighted by atomic mass is 10.2. The van der Waals surface area contributed by atoms with Crippen molar-refractivity contribution in [3.63, 3.8) is 0 Å². The highest BCUT2D eigenvalue weighted by atomic mass is 32.2. The van der Waals surface area contributed by atoms with E-state index in [1.807, 2.05) is 0 Å². The van der Waals surface area contributed by atoms with Crippen LogP contribution in [0.4, 0.5) is 0 Å². The van der Waals surface area contributed by atoms with E-state index >= 15 is 0 Å². The quantitative estimate of drug-likeness (QED) is 0.828. The Morgan fingerprint density at radius 2 is 1.67 bits per heavy atom. The third kappa shape index (κ3) is 2.21. The second kappa shape index (κ2) is 4.08. The van der Waals surface area contributed by atoms with Gasteiger partial charge in [0.15, 0.2) is 11.5 Å². The number of methoxy groups -OCH3 is 2. The molecule has 1 aromatic rings. The molecule has 0 spiro atoms. The molecule has 2 N–H and O–H groups in total. The van der Waals surface area contributed by atoms with Gasteiger partial charge in [-0.25, -0.2) is 13.6 Å². The monoisotopic (exact) mass is 231 g/mol. The molecule has 0 aliphatic rings.